The van der Waals surface area contributed by atoms with Crippen LogP contribution in [-0.2, 0) is 9.59 Å². The quantitative estimate of drug-likeness (QED) is 0.774. The Morgan fingerprint density at radius 2 is 1.95 bits per heavy atom. The van der Waals surface area contributed by atoms with Gasteiger partial charge >= 0.3 is 0 Å². The number of hydrogen-bond acceptors (Lipinski definition) is 3. The van der Waals surface area contributed by atoms with E-state index in [1.807, 2.05) is 0 Å². The molecule has 0 heterocycles. The van der Waals surface area contributed by atoms with Gasteiger partial charge in [-0.1, -0.05) is 13.8 Å². The third-order valence-corrected chi connectivity index (χ3v) is 2.72. The molecule has 1 rings (SSSR count). The van der Waals surface area contributed by atoms with Gasteiger partial charge in [0.25, 0.3) is 0 Å². The van der Waals surface area contributed by atoms with E-state index in [1.165, 1.54) is 19.1 Å². The Morgan fingerprint density at radius 1 is 1.30 bits per heavy atom. The number of halogens is 1. The summed E-state index contributed by atoms with van der Waals surface area (Å²) in [6, 6.07) is 3.88. The highest BCUT2D eigenvalue weighted by Crippen LogP contribution is 2.20. The van der Waals surface area contributed by atoms with Gasteiger partial charge in [0.15, 0.2) is 0 Å². The molecule has 1 aromatic rings. The van der Waals surface area contributed by atoms with Gasteiger partial charge in [0.1, 0.15) is 5.82 Å². The third-order valence-electron chi connectivity index (χ3n) is 2.72. The van der Waals surface area contributed by atoms with Crippen molar-refractivity contribution in [3.05, 3.63) is 24.0 Å². The van der Waals surface area contributed by atoms with Crippen molar-refractivity contribution in [3.8, 4) is 0 Å². The second kappa shape index (κ2) is 7.00. The maximum absolute atomic E-state index is 13.6. The predicted octanol–water partition coefficient (Wildman–Crippen LogP) is 2.13. The molecule has 3 N–H and O–H groups in total. The standard InChI is InChI=1S/C14H19FN2O3/c1-8(2)13(19)7-14(20)17-12-6-10(16-9(3)18)4-5-11(12)15/h4-6,8,13,19H,7H2,1-3H3,(H,16,18)(H,17,20). The Morgan fingerprint density at radius 3 is 2.50 bits per heavy atom. The topological polar surface area (TPSA) is 78.4 Å². The number of nitrogens with one attached hydrogen (secondary N) is 2. The van der Waals surface area contributed by atoms with E-state index in [2.05, 4.69) is 10.6 Å². The predicted molar refractivity (Wildman–Crippen MR) is 74.8 cm³/mol. The van der Waals surface area contributed by atoms with Crippen LogP contribution in [0.5, 0.6) is 0 Å². The molecular weight excluding hydrogens is 263 g/mol. The first-order valence-electron chi connectivity index (χ1n) is 6.34. The second-order valence-corrected chi connectivity index (χ2v) is 4.94. The van der Waals surface area contributed by atoms with Gasteiger partial charge in [-0.15, -0.1) is 0 Å². The van der Waals surface area contributed by atoms with E-state index < -0.39 is 17.8 Å². The van der Waals surface area contributed by atoms with Gasteiger partial charge in [-0.25, -0.2) is 4.39 Å². The maximum Gasteiger partial charge on any atom is 0.227 e. The summed E-state index contributed by atoms with van der Waals surface area (Å²) in [6.45, 7) is 4.91. The third kappa shape index (κ3) is 4.97. The van der Waals surface area contributed by atoms with Gasteiger partial charge in [0.05, 0.1) is 18.2 Å². The number of carbonyl (C=O) groups excluding carboxylic acids is 2. The minimum Gasteiger partial charge on any atom is -0.392 e. The fraction of sp³-hybridized carbons (Fsp3) is 0.429. The van der Waals surface area contributed by atoms with Gasteiger partial charge in [-0.2, -0.15) is 0 Å². The first-order chi connectivity index (χ1) is 9.29. The summed E-state index contributed by atoms with van der Waals surface area (Å²) in [5, 5.41) is 14.5. The van der Waals surface area contributed by atoms with Crippen LogP contribution in [0, 0.1) is 11.7 Å². The molecular formula is C14H19FN2O3. The molecule has 0 saturated carbocycles. The largest absolute Gasteiger partial charge is 0.392 e. The zero-order valence-electron chi connectivity index (χ0n) is 11.7. The molecule has 6 heteroatoms. The van der Waals surface area contributed by atoms with Gasteiger partial charge in [0.2, 0.25) is 11.8 Å². The lowest BCUT2D eigenvalue weighted by Gasteiger charge is -2.14. The Kier molecular flexibility index (Phi) is 5.64. The lowest BCUT2D eigenvalue weighted by molar-refractivity contribution is -0.118. The van der Waals surface area contributed by atoms with E-state index in [0.29, 0.717) is 5.69 Å². The van der Waals surface area contributed by atoms with Crippen molar-refractivity contribution in [2.75, 3.05) is 10.6 Å². The molecule has 110 valence electrons. The molecule has 0 bridgehead atoms. The summed E-state index contributed by atoms with van der Waals surface area (Å²) in [6.07, 6.45) is -0.891. The molecule has 0 spiro atoms. The highest BCUT2D eigenvalue weighted by molar-refractivity contribution is 5.93. The summed E-state index contributed by atoms with van der Waals surface area (Å²) in [5.74, 6) is -1.43. The van der Waals surface area contributed by atoms with Gasteiger partial charge in [0, 0.05) is 12.6 Å². The molecule has 0 aliphatic carbocycles. The fourth-order valence-electron chi connectivity index (χ4n) is 1.53. The molecule has 0 radical (unpaired) electrons. The molecule has 0 aliphatic heterocycles. The summed E-state index contributed by atoms with van der Waals surface area (Å²) in [4.78, 5) is 22.6. The minimum absolute atomic E-state index is 0.0304. The van der Waals surface area contributed by atoms with Crippen LogP contribution in [0.2, 0.25) is 0 Å². The van der Waals surface area contributed by atoms with E-state index in [-0.39, 0.29) is 23.9 Å². The number of hydrogen-bond donors (Lipinski definition) is 3. The average molecular weight is 282 g/mol. The van der Waals surface area contributed by atoms with Crippen molar-refractivity contribution >= 4 is 23.2 Å². The van der Waals surface area contributed by atoms with E-state index >= 15 is 0 Å². The lowest BCUT2D eigenvalue weighted by Crippen LogP contribution is -2.24. The van der Waals surface area contributed by atoms with Crippen molar-refractivity contribution in [2.45, 2.75) is 33.3 Å². The number of rotatable bonds is 5. The number of aliphatic hydroxyl groups is 1. The molecule has 0 aliphatic rings. The lowest BCUT2D eigenvalue weighted by atomic mass is 10.0. The number of anilines is 2. The number of aliphatic hydroxyl groups excluding tert-OH is 1. The molecule has 0 saturated heterocycles. The van der Waals surface area contributed by atoms with Crippen LogP contribution in [0.3, 0.4) is 0 Å². The maximum atomic E-state index is 13.6. The number of amides is 2. The number of benzene rings is 1. The molecule has 1 unspecified atom stereocenters. The van der Waals surface area contributed by atoms with Gasteiger partial charge in [-0.3, -0.25) is 9.59 Å². The van der Waals surface area contributed by atoms with E-state index in [1.54, 1.807) is 13.8 Å². The Hall–Kier alpha value is -1.95. The van der Waals surface area contributed by atoms with Crippen LogP contribution in [-0.4, -0.2) is 23.0 Å². The van der Waals surface area contributed by atoms with Crippen LogP contribution in [0.15, 0.2) is 18.2 Å². The van der Waals surface area contributed by atoms with E-state index in [4.69, 9.17) is 0 Å². The minimum atomic E-state index is -0.781. The molecule has 1 atom stereocenters. The first-order valence-corrected chi connectivity index (χ1v) is 6.34. The van der Waals surface area contributed by atoms with Crippen molar-refractivity contribution in [1.29, 1.82) is 0 Å². The molecule has 2 amide bonds. The SMILES string of the molecule is CC(=O)Nc1ccc(F)c(NC(=O)CC(O)C(C)C)c1. The zero-order chi connectivity index (χ0) is 15.3. The highest BCUT2D eigenvalue weighted by atomic mass is 19.1. The molecule has 20 heavy (non-hydrogen) atoms. The average Bonchev–Trinajstić information content (AvgIpc) is 2.32. The molecule has 5 nitrogen and oxygen atoms in total. The smallest absolute Gasteiger partial charge is 0.227 e. The van der Waals surface area contributed by atoms with Crippen molar-refractivity contribution < 1.29 is 19.1 Å². The molecule has 0 aromatic heterocycles. The summed E-state index contributed by atoms with van der Waals surface area (Å²) < 4.78 is 13.6. The van der Waals surface area contributed by atoms with Gasteiger partial charge < -0.3 is 15.7 Å². The Labute approximate surface area is 117 Å². The summed E-state index contributed by atoms with van der Waals surface area (Å²) in [7, 11) is 0. The highest BCUT2D eigenvalue weighted by Gasteiger charge is 2.15. The first kappa shape index (κ1) is 16.1. The summed E-state index contributed by atoms with van der Waals surface area (Å²) >= 11 is 0. The van der Waals surface area contributed by atoms with Crippen molar-refractivity contribution in [2.24, 2.45) is 5.92 Å². The monoisotopic (exact) mass is 282 g/mol. The van der Waals surface area contributed by atoms with E-state index in [0.717, 1.165) is 6.07 Å². The Balaban J connectivity index is 2.75. The molecule has 1 aromatic carbocycles. The Bertz CT molecular complexity index is 503. The van der Waals surface area contributed by atoms with Crippen molar-refractivity contribution in [1.82, 2.24) is 0 Å². The van der Waals surface area contributed by atoms with Gasteiger partial charge in [-0.05, 0) is 24.1 Å². The normalized spacial score (nSPS) is 12.1. The zero-order valence-corrected chi connectivity index (χ0v) is 11.7. The fourth-order valence-corrected chi connectivity index (χ4v) is 1.53. The summed E-state index contributed by atoms with van der Waals surface area (Å²) in [5.41, 5.74) is 0.357. The van der Waals surface area contributed by atoms with Crippen molar-refractivity contribution in [3.63, 3.8) is 0 Å². The number of carbonyl (C=O) groups is 2. The van der Waals surface area contributed by atoms with Crippen LogP contribution >= 0.6 is 0 Å². The van der Waals surface area contributed by atoms with Crippen LogP contribution < -0.4 is 10.6 Å². The van der Waals surface area contributed by atoms with Crippen LogP contribution in [0.25, 0.3) is 0 Å². The van der Waals surface area contributed by atoms with E-state index in [9.17, 15) is 19.1 Å². The van der Waals surface area contributed by atoms with Crippen LogP contribution in [0.1, 0.15) is 27.2 Å². The second-order valence-electron chi connectivity index (χ2n) is 4.94. The van der Waals surface area contributed by atoms with Crippen LogP contribution in [0.4, 0.5) is 15.8 Å². The molecule has 0 fully saturated rings.